The van der Waals surface area contributed by atoms with Gasteiger partial charge in [0.25, 0.3) is 0 Å². The summed E-state index contributed by atoms with van der Waals surface area (Å²) >= 11 is 10.2. The van der Waals surface area contributed by atoms with Crippen molar-refractivity contribution in [3.8, 4) is 0 Å². The van der Waals surface area contributed by atoms with Gasteiger partial charge in [0.2, 0.25) is 0 Å². The van der Waals surface area contributed by atoms with E-state index in [9.17, 15) is 0 Å². The summed E-state index contributed by atoms with van der Waals surface area (Å²) in [7, 11) is 0. The molecule has 1 saturated carbocycles. The summed E-state index contributed by atoms with van der Waals surface area (Å²) in [5, 5.41) is 9.38. The highest BCUT2D eigenvalue weighted by molar-refractivity contribution is 7.81. The highest BCUT2D eigenvalue weighted by atomic mass is 32.1. The Hall–Kier alpha value is -2.04. The van der Waals surface area contributed by atoms with Crippen LogP contribution < -0.4 is 10.6 Å². The fourth-order valence-electron chi connectivity index (χ4n) is 3.72. The molecule has 0 saturated heterocycles. The number of allylic oxidation sites excluding steroid dienone is 3. The van der Waals surface area contributed by atoms with E-state index in [1.807, 2.05) is 32.1 Å². The Morgan fingerprint density at radius 3 is 2.40 bits per heavy atom. The van der Waals surface area contributed by atoms with Gasteiger partial charge < -0.3 is 10.6 Å². The van der Waals surface area contributed by atoms with Crippen LogP contribution in [0.15, 0.2) is 66.4 Å². The number of benzene rings is 2. The Morgan fingerprint density at radius 1 is 1.00 bits per heavy atom. The lowest BCUT2D eigenvalue weighted by atomic mass is 9.95. The van der Waals surface area contributed by atoms with Gasteiger partial charge in [0.05, 0.1) is 6.54 Å². The first-order valence-corrected chi connectivity index (χ1v) is 11.6. The zero-order valence-electron chi connectivity index (χ0n) is 18.4. The van der Waals surface area contributed by atoms with Gasteiger partial charge in [0, 0.05) is 32.5 Å². The van der Waals surface area contributed by atoms with E-state index in [0.717, 1.165) is 15.4 Å². The molecule has 2 N–H and O–H groups in total. The second-order valence-electron chi connectivity index (χ2n) is 7.76. The molecule has 0 aromatic heterocycles. The summed E-state index contributed by atoms with van der Waals surface area (Å²) in [4.78, 5) is 1.88. The molecule has 2 aromatic rings. The van der Waals surface area contributed by atoms with E-state index in [2.05, 4.69) is 60.0 Å². The molecule has 0 spiro atoms. The van der Waals surface area contributed by atoms with Crippen LogP contribution in [0.2, 0.25) is 0 Å². The summed E-state index contributed by atoms with van der Waals surface area (Å²) in [5.74, 6) is 0. The Bertz CT molecular complexity index is 888. The van der Waals surface area contributed by atoms with E-state index in [-0.39, 0.29) is 0 Å². The molecule has 0 bridgehead atoms. The van der Waals surface area contributed by atoms with Crippen molar-refractivity contribution in [1.82, 2.24) is 5.32 Å². The zero-order chi connectivity index (χ0) is 21.8. The van der Waals surface area contributed by atoms with Crippen LogP contribution in [0.3, 0.4) is 0 Å². The van der Waals surface area contributed by atoms with Gasteiger partial charge >= 0.3 is 0 Å². The first kappa shape index (κ1) is 24.2. The van der Waals surface area contributed by atoms with E-state index in [4.69, 9.17) is 24.4 Å². The van der Waals surface area contributed by atoms with Gasteiger partial charge in [-0.1, -0.05) is 92.2 Å². The second-order valence-corrected chi connectivity index (χ2v) is 8.93. The number of rotatable bonds is 7. The van der Waals surface area contributed by atoms with Crippen LogP contribution in [0.25, 0.3) is 10.8 Å². The molecule has 1 aliphatic rings. The third-order valence-electron chi connectivity index (χ3n) is 5.05. The van der Waals surface area contributed by atoms with Crippen molar-refractivity contribution in [1.29, 1.82) is 0 Å². The highest BCUT2D eigenvalue weighted by Crippen LogP contribution is 2.22. The highest BCUT2D eigenvalue weighted by Gasteiger charge is 2.12. The van der Waals surface area contributed by atoms with Crippen LogP contribution in [0.1, 0.15) is 52.9 Å². The van der Waals surface area contributed by atoms with E-state index < -0.39 is 0 Å². The lowest BCUT2D eigenvalue weighted by molar-refractivity contribution is 0.397. The largest absolute Gasteiger partial charge is 0.386 e. The minimum Gasteiger partial charge on any atom is -0.386 e. The number of nitrogens with one attached hydrogen (secondary N) is 2. The molecule has 0 atom stereocenters. The number of thiocarbonyl (C=S) groups is 2. The summed E-state index contributed by atoms with van der Waals surface area (Å²) in [6.07, 6.45) is 12.8. The summed E-state index contributed by atoms with van der Waals surface area (Å²) in [5.41, 5.74) is 2.36. The minimum absolute atomic E-state index is 0.694. The van der Waals surface area contributed by atoms with Crippen molar-refractivity contribution in [2.75, 3.05) is 11.9 Å². The van der Waals surface area contributed by atoms with E-state index in [1.165, 1.54) is 48.6 Å². The van der Waals surface area contributed by atoms with Gasteiger partial charge in [-0.05, 0) is 51.1 Å². The van der Waals surface area contributed by atoms with Crippen LogP contribution in [-0.4, -0.2) is 22.3 Å². The molecule has 1 aliphatic carbocycles. The lowest BCUT2D eigenvalue weighted by Crippen LogP contribution is -2.29. The fraction of sp³-hybridized carbons (Fsp3) is 0.385. The standard InChI is InChI=1S/C15H15NS.C11H19NS/c1-2-6-13(17)11-16-15-10-5-8-12-7-3-4-9-14(12)15;1-9(8-10(2)13)12-11-6-4-3-5-7-11/h2-10,16H,11H2,1H3;8,11-12H,3-7H2,1-2H3. The summed E-state index contributed by atoms with van der Waals surface area (Å²) in [6.45, 7) is 6.74. The molecule has 0 heterocycles. The molecule has 160 valence electrons. The number of hydrogen-bond donors (Lipinski definition) is 2. The fourth-order valence-corrected chi connectivity index (χ4v) is 4.11. The smallest absolute Gasteiger partial charge is 0.0502 e. The molecular weight excluding hydrogens is 404 g/mol. The first-order valence-electron chi connectivity index (χ1n) is 10.8. The average Bonchev–Trinajstić information content (AvgIpc) is 2.73. The molecule has 0 amide bonds. The van der Waals surface area contributed by atoms with Gasteiger partial charge in [-0.3, -0.25) is 0 Å². The molecule has 30 heavy (non-hydrogen) atoms. The maximum atomic E-state index is 5.23. The van der Waals surface area contributed by atoms with Crippen molar-refractivity contribution in [3.05, 3.63) is 66.4 Å². The molecule has 2 aromatic carbocycles. The maximum Gasteiger partial charge on any atom is 0.0502 e. The summed E-state index contributed by atoms with van der Waals surface area (Å²) in [6, 6.07) is 15.3. The van der Waals surface area contributed by atoms with Gasteiger partial charge in [-0.2, -0.15) is 0 Å². The molecule has 4 heteroatoms. The SMILES string of the molecule is CC(=S)C=C(C)NC1CCCCC1.CC=CC(=S)CNc1cccc2ccccc12. The van der Waals surface area contributed by atoms with Crippen LogP contribution in [-0.2, 0) is 0 Å². The topological polar surface area (TPSA) is 24.1 Å². The van der Waals surface area contributed by atoms with Crippen LogP contribution in [0.4, 0.5) is 5.69 Å². The third-order valence-corrected chi connectivity index (χ3v) is 5.45. The van der Waals surface area contributed by atoms with Crippen molar-refractivity contribution >= 4 is 50.6 Å². The Kier molecular flexibility index (Phi) is 10.7. The van der Waals surface area contributed by atoms with Crippen molar-refractivity contribution in [2.24, 2.45) is 0 Å². The van der Waals surface area contributed by atoms with Gasteiger partial charge in [-0.25, -0.2) is 0 Å². The molecule has 3 rings (SSSR count). The van der Waals surface area contributed by atoms with E-state index in [0.29, 0.717) is 12.6 Å². The maximum absolute atomic E-state index is 5.23. The lowest BCUT2D eigenvalue weighted by Gasteiger charge is -2.24. The number of fused-ring (bicyclic) bond motifs is 1. The van der Waals surface area contributed by atoms with Crippen LogP contribution >= 0.6 is 24.4 Å². The summed E-state index contributed by atoms with van der Waals surface area (Å²) < 4.78 is 0. The van der Waals surface area contributed by atoms with Crippen LogP contribution in [0, 0.1) is 0 Å². The third kappa shape index (κ3) is 8.76. The molecule has 0 radical (unpaired) electrons. The molecule has 2 nitrogen and oxygen atoms in total. The first-order chi connectivity index (χ1) is 14.5. The Labute approximate surface area is 192 Å². The minimum atomic E-state index is 0.694. The van der Waals surface area contributed by atoms with Crippen molar-refractivity contribution < 1.29 is 0 Å². The zero-order valence-corrected chi connectivity index (χ0v) is 20.0. The number of hydrogen-bond acceptors (Lipinski definition) is 4. The monoisotopic (exact) mass is 438 g/mol. The normalized spacial score (nSPS) is 14.8. The van der Waals surface area contributed by atoms with Crippen molar-refractivity contribution in [3.63, 3.8) is 0 Å². The molecular formula is C26H34N2S2. The Balaban J connectivity index is 0.000000222. The average molecular weight is 439 g/mol. The predicted octanol–water partition coefficient (Wildman–Crippen LogP) is 7.40. The van der Waals surface area contributed by atoms with Gasteiger partial charge in [0.15, 0.2) is 0 Å². The van der Waals surface area contributed by atoms with Crippen LogP contribution in [0.5, 0.6) is 0 Å². The van der Waals surface area contributed by atoms with Gasteiger partial charge in [-0.15, -0.1) is 0 Å². The van der Waals surface area contributed by atoms with E-state index >= 15 is 0 Å². The quantitative estimate of drug-likeness (QED) is 0.347. The van der Waals surface area contributed by atoms with E-state index in [1.54, 1.807) is 0 Å². The molecule has 0 unspecified atom stereocenters. The molecule has 1 fully saturated rings. The molecule has 0 aliphatic heterocycles. The number of anilines is 1. The van der Waals surface area contributed by atoms with Crippen molar-refractivity contribution in [2.45, 2.75) is 58.9 Å². The second kappa shape index (κ2) is 13.3. The Morgan fingerprint density at radius 2 is 1.70 bits per heavy atom. The van der Waals surface area contributed by atoms with Gasteiger partial charge in [0.1, 0.15) is 0 Å². The predicted molar refractivity (Wildman–Crippen MR) is 142 cm³/mol.